The van der Waals surface area contributed by atoms with Crippen molar-refractivity contribution in [2.45, 2.75) is 31.8 Å². The number of phenols is 1. The average Bonchev–Trinajstić information content (AvgIpc) is 2.43. The molecule has 0 saturated carbocycles. The number of methoxy groups -OCH3 is 1. The maximum atomic E-state index is 10.0. The molecule has 106 valence electrons. The number of rotatable bonds is 5. The van der Waals surface area contributed by atoms with E-state index in [0.717, 1.165) is 12.1 Å². The number of phenolic OH excluding ortho intramolecular Hbond substituents is 1. The number of para-hydroxylation sites is 1. The second-order valence-corrected chi connectivity index (χ2v) is 5.23. The van der Waals surface area contributed by atoms with E-state index in [1.165, 1.54) is 25.8 Å². The van der Waals surface area contributed by atoms with Gasteiger partial charge in [-0.15, -0.1) is 0 Å². The minimum Gasteiger partial charge on any atom is -0.504 e. The minimum atomic E-state index is 0.245. The topological polar surface area (TPSA) is 44.7 Å². The van der Waals surface area contributed by atoms with Gasteiger partial charge in [-0.3, -0.25) is 0 Å². The number of nitrogens with one attached hydrogen (secondary N) is 1. The average molecular weight is 264 g/mol. The molecule has 1 fully saturated rings. The molecule has 4 heteroatoms. The van der Waals surface area contributed by atoms with Gasteiger partial charge >= 0.3 is 0 Å². The molecule has 0 aromatic heterocycles. The molecule has 19 heavy (non-hydrogen) atoms. The lowest BCUT2D eigenvalue weighted by Crippen LogP contribution is -2.42. The standard InChI is InChI=1S/C15H24N2O2/c1-17-9-4-3-7-13(17)11-16-10-12-6-5-8-14(19-2)15(12)18/h5-6,8,13,16,18H,3-4,7,9-11H2,1-2H3. The van der Waals surface area contributed by atoms with Crippen LogP contribution >= 0.6 is 0 Å². The smallest absolute Gasteiger partial charge is 0.162 e. The highest BCUT2D eigenvalue weighted by molar-refractivity contribution is 5.45. The highest BCUT2D eigenvalue weighted by Gasteiger charge is 2.18. The van der Waals surface area contributed by atoms with Crippen LogP contribution < -0.4 is 10.1 Å². The molecule has 4 nitrogen and oxygen atoms in total. The zero-order valence-electron chi connectivity index (χ0n) is 11.9. The SMILES string of the molecule is COc1cccc(CNCC2CCCCN2C)c1O. The summed E-state index contributed by atoms with van der Waals surface area (Å²) in [4.78, 5) is 2.42. The van der Waals surface area contributed by atoms with Crippen LogP contribution in [0.1, 0.15) is 24.8 Å². The molecule has 0 radical (unpaired) electrons. The number of aromatic hydroxyl groups is 1. The van der Waals surface area contributed by atoms with Crippen LogP contribution in [0.5, 0.6) is 11.5 Å². The van der Waals surface area contributed by atoms with Gasteiger partial charge < -0.3 is 20.1 Å². The molecule has 1 heterocycles. The van der Waals surface area contributed by atoms with Gasteiger partial charge in [-0.1, -0.05) is 18.6 Å². The van der Waals surface area contributed by atoms with Crippen LogP contribution in [-0.2, 0) is 6.54 Å². The molecule has 1 aromatic rings. The van der Waals surface area contributed by atoms with Gasteiger partial charge in [0.05, 0.1) is 7.11 Å². The van der Waals surface area contributed by atoms with E-state index in [-0.39, 0.29) is 5.75 Å². The van der Waals surface area contributed by atoms with Crippen LogP contribution in [0, 0.1) is 0 Å². The van der Waals surface area contributed by atoms with Crippen molar-refractivity contribution >= 4 is 0 Å². The Morgan fingerprint density at radius 2 is 2.26 bits per heavy atom. The number of nitrogens with zero attached hydrogens (tertiary/aromatic N) is 1. The van der Waals surface area contributed by atoms with Crippen molar-refractivity contribution in [2.75, 3.05) is 27.2 Å². The molecule has 1 aliphatic rings. The molecule has 2 N–H and O–H groups in total. The van der Waals surface area contributed by atoms with Crippen molar-refractivity contribution < 1.29 is 9.84 Å². The summed E-state index contributed by atoms with van der Waals surface area (Å²) in [6, 6.07) is 6.22. The van der Waals surface area contributed by atoms with Gasteiger partial charge in [0.2, 0.25) is 0 Å². The van der Waals surface area contributed by atoms with Crippen molar-refractivity contribution in [2.24, 2.45) is 0 Å². The fourth-order valence-corrected chi connectivity index (χ4v) is 2.65. The van der Waals surface area contributed by atoms with Crippen LogP contribution in [0.3, 0.4) is 0 Å². The van der Waals surface area contributed by atoms with Crippen LogP contribution in [0.2, 0.25) is 0 Å². The Kier molecular flexibility index (Phi) is 5.05. The fourth-order valence-electron chi connectivity index (χ4n) is 2.65. The molecular formula is C15H24N2O2. The number of hydrogen-bond acceptors (Lipinski definition) is 4. The van der Waals surface area contributed by atoms with E-state index in [4.69, 9.17) is 4.74 Å². The fraction of sp³-hybridized carbons (Fsp3) is 0.600. The predicted molar refractivity (Wildman–Crippen MR) is 76.6 cm³/mol. The first-order chi connectivity index (χ1) is 9.22. The van der Waals surface area contributed by atoms with Gasteiger partial charge in [0.25, 0.3) is 0 Å². The highest BCUT2D eigenvalue weighted by Crippen LogP contribution is 2.29. The minimum absolute atomic E-state index is 0.245. The predicted octanol–water partition coefficient (Wildman–Crippen LogP) is 1.97. The highest BCUT2D eigenvalue weighted by atomic mass is 16.5. The van der Waals surface area contributed by atoms with Crippen molar-refractivity contribution in [3.63, 3.8) is 0 Å². The normalized spacial score (nSPS) is 20.4. The first-order valence-electron chi connectivity index (χ1n) is 6.98. The molecule has 1 atom stereocenters. The second kappa shape index (κ2) is 6.78. The van der Waals surface area contributed by atoms with Crippen LogP contribution in [0.4, 0.5) is 0 Å². The van der Waals surface area contributed by atoms with Gasteiger partial charge in [0, 0.05) is 24.7 Å². The van der Waals surface area contributed by atoms with Gasteiger partial charge in [0.1, 0.15) is 0 Å². The number of piperidine rings is 1. The van der Waals surface area contributed by atoms with Crippen molar-refractivity contribution in [3.8, 4) is 11.5 Å². The Bertz CT molecular complexity index is 409. The number of ether oxygens (including phenoxy) is 1. The first-order valence-corrected chi connectivity index (χ1v) is 6.98. The van der Waals surface area contributed by atoms with Gasteiger partial charge in [-0.2, -0.15) is 0 Å². The van der Waals surface area contributed by atoms with E-state index >= 15 is 0 Å². The summed E-state index contributed by atoms with van der Waals surface area (Å²) in [5.41, 5.74) is 0.887. The largest absolute Gasteiger partial charge is 0.504 e. The molecule has 1 saturated heterocycles. The molecule has 0 amide bonds. The Balaban J connectivity index is 1.85. The summed E-state index contributed by atoms with van der Waals surface area (Å²) < 4.78 is 5.11. The number of benzene rings is 1. The van der Waals surface area contributed by atoms with E-state index in [1.54, 1.807) is 13.2 Å². The number of hydrogen-bond donors (Lipinski definition) is 2. The van der Waals surface area contributed by atoms with Crippen LogP contribution in [-0.4, -0.2) is 43.3 Å². The maximum Gasteiger partial charge on any atom is 0.162 e. The zero-order chi connectivity index (χ0) is 13.7. The quantitative estimate of drug-likeness (QED) is 0.853. The Hall–Kier alpha value is -1.26. The van der Waals surface area contributed by atoms with E-state index in [1.807, 2.05) is 12.1 Å². The molecule has 2 rings (SSSR count). The summed E-state index contributed by atoms with van der Waals surface area (Å²) in [6.07, 6.45) is 3.89. The van der Waals surface area contributed by atoms with E-state index < -0.39 is 0 Å². The number of likely N-dealkylation sites (N-methyl/N-ethyl adjacent to an activating group) is 1. The summed E-state index contributed by atoms with van der Waals surface area (Å²) in [6.45, 7) is 2.83. The van der Waals surface area contributed by atoms with Gasteiger partial charge in [-0.05, 0) is 32.5 Å². The third kappa shape index (κ3) is 3.61. The lowest BCUT2D eigenvalue weighted by Gasteiger charge is -2.32. The van der Waals surface area contributed by atoms with Crippen molar-refractivity contribution in [1.29, 1.82) is 0 Å². The monoisotopic (exact) mass is 264 g/mol. The first kappa shape index (κ1) is 14.2. The lowest BCUT2D eigenvalue weighted by molar-refractivity contribution is 0.181. The maximum absolute atomic E-state index is 10.0. The van der Waals surface area contributed by atoms with Gasteiger partial charge in [-0.25, -0.2) is 0 Å². The van der Waals surface area contributed by atoms with E-state index in [2.05, 4.69) is 17.3 Å². The Morgan fingerprint density at radius 3 is 3.00 bits per heavy atom. The van der Waals surface area contributed by atoms with Gasteiger partial charge in [0.15, 0.2) is 11.5 Å². The zero-order valence-corrected chi connectivity index (χ0v) is 11.9. The van der Waals surface area contributed by atoms with Crippen molar-refractivity contribution in [3.05, 3.63) is 23.8 Å². The Morgan fingerprint density at radius 1 is 1.42 bits per heavy atom. The van der Waals surface area contributed by atoms with Crippen LogP contribution in [0.25, 0.3) is 0 Å². The third-order valence-corrected chi connectivity index (χ3v) is 3.92. The molecule has 0 aliphatic carbocycles. The molecular weight excluding hydrogens is 240 g/mol. The Labute approximate surface area is 115 Å². The second-order valence-electron chi connectivity index (χ2n) is 5.23. The van der Waals surface area contributed by atoms with E-state index in [9.17, 15) is 5.11 Å². The summed E-state index contributed by atoms with van der Waals surface area (Å²) in [5.74, 6) is 0.781. The molecule has 1 aliphatic heterocycles. The summed E-state index contributed by atoms with van der Waals surface area (Å²) in [7, 11) is 3.76. The lowest BCUT2D eigenvalue weighted by atomic mass is 10.0. The number of likely N-dealkylation sites (tertiary alicyclic amines) is 1. The summed E-state index contributed by atoms with van der Waals surface area (Å²) >= 11 is 0. The van der Waals surface area contributed by atoms with Crippen LogP contribution in [0.15, 0.2) is 18.2 Å². The van der Waals surface area contributed by atoms with E-state index in [0.29, 0.717) is 18.3 Å². The third-order valence-electron chi connectivity index (χ3n) is 3.92. The molecule has 0 spiro atoms. The van der Waals surface area contributed by atoms with Crippen molar-refractivity contribution in [1.82, 2.24) is 10.2 Å². The summed E-state index contributed by atoms with van der Waals surface area (Å²) in [5, 5.41) is 13.4. The molecule has 0 bridgehead atoms. The molecule has 1 unspecified atom stereocenters. The molecule has 1 aromatic carbocycles.